The molecule has 1 aromatic rings. The van der Waals surface area contributed by atoms with E-state index in [2.05, 4.69) is 18.9 Å². The lowest BCUT2D eigenvalue weighted by Gasteiger charge is -2.11. The van der Waals surface area contributed by atoms with E-state index in [0.29, 0.717) is 11.8 Å². The quantitative estimate of drug-likeness (QED) is 0.731. The molecular formula is C11H18Cl2N2. The maximum Gasteiger partial charge on any atom is 0.0849 e. The van der Waals surface area contributed by atoms with Crippen molar-refractivity contribution in [3.05, 3.63) is 16.4 Å². The van der Waals surface area contributed by atoms with Gasteiger partial charge in [0.25, 0.3) is 0 Å². The molecule has 4 heteroatoms. The van der Waals surface area contributed by atoms with Crippen molar-refractivity contribution in [2.24, 2.45) is 13.0 Å². The molecule has 1 unspecified atom stereocenters. The fourth-order valence-electron chi connectivity index (χ4n) is 1.62. The summed E-state index contributed by atoms with van der Waals surface area (Å²) < 4.78 is 1.89. The molecule has 0 aliphatic carbocycles. The average Bonchev–Trinajstić information content (AvgIpc) is 2.51. The van der Waals surface area contributed by atoms with Crippen LogP contribution in [0.25, 0.3) is 0 Å². The highest BCUT2D eigenvalue weighted by molar-refractivity contribution is 6.31. The van der Waals surface area contributed by atoms with Crippen LogP contribution in [0.3, 0.4) is 0 Å². The Morgan fingerprint density at radius 2 is 2.07 bits per heavy atom. The second-order valence-corrected chi connectivity index (χ2v) is 4.50. The summed E-state index contributed by atoms with van der Waals surface area (Å²) in [5, 5.41) is 5.21. The Labute approximate surface area is 102 Å². The average molecular weight is 249 g/mol. The third-order valence-electron chi connectivity index (χ3n) is 2.78. The number of hydrogen-bond donors (Lipinski definition) is 0. The highest BCUT2D eigenvalue weighted by Gasteiger charge is 2.16. The number of alkyl halides is 1. The van der Waals surface area contributed by atoms with Crippen molar-refractivity contribution in [1.29, 1.82) is 0 Å². The van der Waals surface area contributed by atoms with E-state index in [1.807, 2.05) is 11.7 Å². The minimum absolute atomic E-state index is 0.490. The molecular weight excluding hydrogens is 231 g/mol. The summed E-state index contributed by atoms with van der Waals surface area (Å²) in [5.41, 5.74) is 2.10. The summed E-state index contributed by atoms with van der Waals surface area (Å²) in [6.45, 7) is 4.22. The molecule has 0 aliphatic heterocycles. The van der Waals surface area contributed by atoms with E-state index in [0.717, 1.165) is 35.7 Å². The molecule has 86 valence electrons. The van der Waals surface area contributed by atoms with Crippen LogP contribution in [0.5, 0.6) is 0 Å². The zero-order valence-electron chi connectivity index (χ0n) is 9.56. The van der Waals surface area contributed by atoms with Gasteiger partial charge in [0, 0.05) is 12.9 Å². The van der Waals surface area contributed by atoms with Crippen molar-refractivity contribution < 1.29 is 0 Å². The number of halogens is 2. The number of aromatic nitrogens is 2. The molecule has 1 aromatic heterocycles. The Hall–Kier alpha value is -0.210. The Morgan fingerprint density at radius 1 is 1.40 bits per heavy atom. The fraction of sp³-hybridized carbons (Fsp3) is 0.727. The van der Waals surface area contributed by atoms with E-state index < -0.39 is 0 Å². The van der Waals surface area contributed by atoms with Crippen molar-refractivity contribution in [2.45, 2.75) is 33.1 Å². The molecule has 0 spiro atoms. The summed E-state index contributed by atoms with van der Waals surface area (Å²) >= 11 is 12.2. The van der Waals surface area contributed by atoms with Crippen LogP contribution in [0.2, 0.25) is 5.02 Å². The molecule has 1 heterocycles. The van der Waals surface area contributed by atoms with Crippen molar-refractivity contribution in [2.75, 3.05) is 5.88 Å². The van der Waals surface area contributed by atoms with Gasteiger partial charge >= 0.3 is 0 Å². The molecule has 0 aliphatic rings. The third kappa shape index (κ3) is 2.88. The van der Waals surface area contributed by atoms with Crippen LogP contribution in [0.1, 0.15) is 31.7 Å². The smallest absolute Gasteiger partial charge is 0.0849 e. The lowest BCUT2D eigenvalue weighted by atomic mass is 10.0. The first-order valence-corrected chi connectivity index (χ1v) is 6.31. The van der Waals surface area contributed by atoms with Gasteiger partial charge in [-0.3, -0.25) is 4.68 Å². The molecule has 0 radical (unpaired) electrons. The summed E-state index contributed by atoms with van der Waals surface area (Å²) in [6.07, 6.45) is 2.87. The molecule has 0 saturated carbocycles. The minimum atomic E-state index is 0.490. The van der Waals surface area contributed by atoms with Gasteiger partial charge in [0.05, 0.1) is 16.4 Å². The van der Waals surface area contributed by atoms with Crippen molar-refractivity contribution in [3.63, 3.8) is 0 Å². The van der Waals surface area contributed by atoms with Crippen LogP contribution < -0.4 is 0 Å². The van der Waals surface area contributed by atoms with E-state index in [9.17, 15) is 0 Å². The Morgan fingerprint density at radius 3 is 2.47 bits per heavy atom. The second-order valence-electron chi connectivity index (χ2n) is 3.82. The fourth-order valence-corrected chi connectivity index (χ4v) is 2.32. The van der Waals surface area contributed by atoms with Gasteiger partial charge in [0.2, 0.25) is 0 Å². The van der Waals surface area contributed by atoms with Crippen LogP contribution >= 0.6 is 23.2 Å². The molecule has 0 bridgehead atoms. The van der Waals surface area contributed by atoms with E-state index in [1.165, 1.54) is 0 Å². The van der Waals surface area contributed by atoms with E-state index in [4.69, 9.17) is 23.2 Å². The van der Waals surface area contributed by atoms with Crippen molar-refractivity contribution in [1.82, 2.24) is 9.78 Å². The zero-order valence-corrected chi connectivity index (χ0v) is 11.1. The molecule has 2 nitrogen and oxygen atoms in total. The topological polar surface area (TPSA) is 17.8 Å². The number of aryl methyl sites for hydroxylation is 2. The third-order valence-corrected chi connectivity index (χ3v) is 3.65. The second kappa shape index (κ2) is 5.76. The number of nitrogens with zero attached hydrogens (tertiary/aromatic N) is 2. The predicted octanol–water partition coefficient (Wildman–Crippen LogP) is 3.44. The molecule has 0 saturated heterocycles. The number of rotatable bonds is 5. The predicted molar refractivity (Wildman–Crippen MR) is 65.8 cm³/mol. The molecule has 1 rings (SSSR count). The lowest BCUT2D eigenvalue weighted by molar-refractivity contribution is 0.538. The molecule has 0 fully saturated rings. The van der Waals surface area contributed by atoms with Crippen LogP contribution in [0.15, 0.2) is 0 Å². The summed E-state index contributed by atoms with van der Waals surface area (Å²) in [6, 6.07) is 0. The molecule has 0 N–H and O–H groups in total. The first-order chi connectivity index (χ1) is 7.13. The highest BCUT2D eigenvalue weighted by Crippen LogP contribution is 2.24. The monoisotopic (exact) mass is 248 g/mol. The van der Waals surface area contributed by atoms with Crippen molar-refractivity contribution in [3.8, 4) is 0 Å². The maximum atomic E-state index is 6.26. The SMILES string of the molecule is CCc1nn(C)c(CC(CC)CCl)c1Cl. The van der Waals surface area contributed by atoms with Gasteiger partial charge in [-0.05, 0) is 18.8 Å². The van der Waals surface area contributed by atoms with Crippen LogP contribution in [-0.4, -0.2) is 15.7 Å². The highest BCUT2D eigenvalue weighted by atomic mass is 35.5. The summed E-state index contributed by atoms with van der Waals surface area (Å²) in [5.74, 6) is 1.17. The molecule has 15 heavy (non-hydrogen) atoms. The molecule has 0 amide bonds. The van der Waals surface area contributed by atoms with E-state index in [-0.39, 0.29) is 0 Å². The van der Waals surface area contributed by atoms with Crippen molar-refractivity contribution >= 4 is 23.2 Å². The van der Waals surface area contributed by atoms with Gasteiger partial charge in [-0.2, -0.15) is 5.10 Å². The van der Waals surface area contributed by atoms with Crippen LogP contribution in [0.4, 0.5) is 0 Å². The standard InChI is InChI=1S/C11H18Cl2N2/c1-4-8(7-12)6-10-11(13)9(5-2)14-15(10)3/h8H,4-7H2,1-3H3. The Kier molecular flexibility index (Phi) is 4.94. The summed E-state index contributed by atoms with van der Waals surface area (Å²) in [7, 11) is 1.95. The summed E-state index contributed by atoms with van der Waals surface area (Å²) in [4.78, 5) is 0. The number of hydrogen-bond acceptors (Lipinski definition) is 1. The zero-order chi connectivity index (χ0) is 11.4. The van der Waals surface area contributed by atoms with Crippen LogP contribution in [-0.2, 0) is 19.9 Å². The van der Waals surface area contributed by atoms with Gasteiger partial charge in [0.15, 0.2) is 0 Å². The van der Waals surface area contributed by atoms with Gasteiger partial charge < -0.3 is 0 Å². The van der Waals surface area contributed by atoms with Gasteiger partial charge in [-0.15, -0.1) is 11.6 Å². The Bertz CT molecular complexity index is 317. The van der Waals surface area contributed by atoms with Crippen LogP contribution in [0, 0.1) is 5.92 Å². The normalized spacial score (nSPS) is 13.1. The Balaban J connectivity index is 2.88. The van der Waals surface area contributed by atoms with Gasteiger partial charge in [-0.25, -0.2) is 0 Å². The van der Waals surface area contributed by atoms with Gasteiger partial charge in [-0.1, -0.05) is 31.9 Å². The lowest BCUT2D eigenvalue weighted by Crippen LogP contribution is -2.09. The van der Waals surface area contributed by atoms with E-state index >= 15 is 0 Å². The molecule has 1 atom stereocenters. The first-order valence-electron chi connectivity index (χ1n) is 5.40. The first kappa shape index (κ1) is 12.9. The van der Waals surface area contributed by atoms with Gasteiger partial charge in [0.1, 0.15) is 0 Å². The maximum absolute atomic E-state index is 6.26. The van der Waals surface area contributed by atoms with E-state index in [1.54, 1.807) is 0 Å². The largest absolute Gasteiger partial charge is 0.271 e. The molecule has 0 aromatic carbocycles. The minimum Gasteiger partial charge on any atom is -0.271 e.